The zero-order valence-electron chi connectivity index (χ0n) is 15.3. The van der Waals surface area contributed by atoms with E-state index in [9.17, 15) is 16.8 Å². The van der Waals surface area contributed by atoms with Crippen molar-refractivity contribution < 1.29 is 16.8 Å². The van der Waals surface area contributed by atoms with E-state index in [4.69, 9.17) is 23.2 Å². The summed E-state index contributed by atoms with van der Waals surface area (Å²) in [7, 11) is -7.53. The molecule has 1 saturated heterocycles. The van der Waals surface area contributed by atoms with Crippen LogP contribution in [0.5, 0.6) is 0 Å². The average Bonchev–Trinajstić information content (AvgIpc) is 2.63. The molecule has 1 heterocycles. The predicted octanol–water partition coefficient (Wildman–Crippen LogP) is 3.47. The number of halogens is 2. The van der Waals surface area contributed by atoms with Gasteiger partial charge in [0.1, 0.15) is 0 Å². The van der Waals surface area contributed by atoms with Crippen LogP contribution < -0.4 is 0 Å². The van der Waals surface area contributed by atoms with Gasteiger partial charge in [-0.15, -0.1) is 0 Å². The molecule has 3 rings (SSSR count). The molecule has 2 aromatic carbocycles. The van der Waals surface area contributed by atoms with Crippen molar-refractivity contribution in [3.63, 3.8) is 0 Å². The van der Waals surface area contributed by atoms with Crippen LogP contribution in [0.2, 0.25) is 10.0 Å². The molecule has 6 nitrogen and oxygen atoms in total. The SMILES string of the molecule is CC1CN(S(=O)(=O)c2ccc(Cl)cc2)C(C)CN1S(=O)(=O)c1ccc(Cl)cc1. The molecule has 0 N–H and O–H groups in total. The third kappa shape index (κ3) is 4.08. The number of hydrogen-bond donors (Lipinski definition) is 0. The normalized spacial score (nSPS) is 22.3. The molecule has 28 heavy (non-hydrogen) atoms. The Morgan fingerprint density at radius 1 is 0.679 bits per heavy atom. The van der Waals surface area contributed by atoms with Crippen molar-refractivity contribution in [2.45, 2.75) is 35.7 Å². The molecule has 1 aliphatic rings. The minimum absolute atomic E-state index is 0.0545. The number of benzene rings is 2. The Morgan fingerprint density at radius 3 is 1.25 bits per heavy atom. The highest BCUT2D eigenvalue weighted by atomic mass is 35.5. The smallest absolute Gasteiger partial charge is 0.207 e. The van der Waals surface area contributed by atoms with Crippen LogP contribution in [0.1, 0.15) is 13.8 Å². The molecule has 10 heteroatoms. The molecule has 1 fully saturated rings. The van der Waals surface area contributed by atoms with E-state index >= 15 is 0 Å². The fourth-order valence-electron chi connectivity index (χ4n) is 3.22. The lowest BCUT2D eigenvalue weighted by atomic mass is 10.2. The van der Waals surface area contributed by atoms with Gasteiger partial charge in [-0.1, -0.05) is 23.2 Å². The van der Waals surface area contributed by atoms with Crippen LogP contribution in [-0.4, -0.2) is 50.6 Å². The van der Waals surface area contributed by atoms with Crippen molar-refractivity contribution in [3.8, 4) is 0 Å². The van der Waals surface area contributed by atoms with Crippen LogP contribution in [0.3, 0.4) is 0 Å². The largest absolute Gasteiger partial charge is 0.243 e. The molecule has 0 aromatic heterocycles. The summed E-state index contributed by atoms with van der Waals surface area (Å²) in [5, 5.41) is 0.887. The molecule has 2 aromatic rings. The molecule has 0 bridgehead atoms. The summed E-state index contributed by atoms with van der Waals surface area (Å²) in [6, 6.07) is 10.8. The Kier molecular flexibility index (Phi) is 6.10. The Hall–Kier alpha value is -1.16. The fourth-order valence-corrected chi connectivity index (χ4v) is 6.88. The fraction of sp³-hybridized carbons (Fsp3) is 0.333. The first kappa shape index (κ1) is 21.5. The Labute approximate surface area is 175 Å². The summed E-state index contributed by atoms with van der Waals surface area (Å²) in [5.41, 5.74) is 0. The molecule has 0 amide bonds. The van der Waals surface area contributed by atoms with Crippen molar-refractivity contribution in [2.24, 2.45) is 0 Å². The maximum atomic E-state index is 13.0. The lowest BCUT2D eigenvalue weighted by Crippen LogP contribution is -2.59. The Bertz CT molecular complexity index is 968. The van der Waals surface area contributed by atoms with Crippen LogP contribution in [0.25, 0.3) is 0 Å². The second-order valence-corrected chi connectivity index (χ2v) is 11.4. The van der Waals surface area contributed by atoms with Gasteiger partial charge < -0.3 is 0 Å². The van der Waals surface area contributed by atoms with Gasteiger partial charge in [-0.25, -0.2) is 16.8 Å². The number of rotatable bonds is 4. The van der Waals surface area contributed by atoms with Gasteiger partial charge in [0, 0.05) is 35.2 Å². The summed E-state index contributed by atoms with van der Waals surface area (Å²) < 4.78 is 54.8. The minimum Gasteiger partial charge on any atom is -0.207 e. The zero-order valence-corrected chi connectivity index (χ0v) is 18.4. The van der Waals surface area contributed by atoms with Crippen molar-refractivity contribution in [1.82, 2.24) is 8.61 Å². The van der Waals surface area contributed by atoms with E-state index in [1.165, 1.54) is 57.1 Å². The quantitative estimate of drug-likeness (QED) is 0.696. The number of piperazine rings is 1. The third-order valence-corrected chi connectivity index (χ3v) is 9.20. The van der Waals surface area contributed by atoms with E-state index in [2.05, 4.69) is 0 Å². The van der Waals surface area contributed by atoms with Crippen LogP contribution in [0.15, 0.2) is 58.3 Å². The minimum atomic E-state index is -3.76. The summed E-state index contributed by atoms with van der Waals surface area (Å²) in [4.78, 5) is 0.259. The highest BCUT2D eigenvalue weighted by molar-refractivity contribution is 7.89. The van der Waals surface area contributed by atoms with Crippen molar-refractivity contribution in [2.75, 3.05) is 13.1 Å². The van der Waals surface area contributed by atoms with E-state index in [1.807, 2.05) is 0 Å². The number of nitrogens with zero attached hydrogens (tertiary/aromatic N) is 2. The monoisotopic (exact) mass is 462 g/mol. The Morgan fingerprint density at radius 2 is 0.964 bits per heavy atom. The van der Waals surface area contributed by atoms with Gasteiger partial charge in [0.15, 0.2) is 0 Å². The second-order valence-electron chi connectivity index (χ2n) is 6.76. The molecule has 2 atom stereocenters. The van der Waals surface area contributed by atoms with Crippen LogP contribution >= 0.6 is 23.2 Å². The standard InChI is InChI=1S/C18H20Cl2N2O4S2/c1-13-11-22(28(25,26)18-9-5-16(20)6-10-18)14(2)12-21(13)27(23,24)17-7-3-15(19)4-8-17/h3-10,13-14H,11-12H2,1-2H3. The third-order valence-electron chi connectivity index (χ3n) is 4.71. The van der Waals surface area contributed by atoms with Gasteiger partial charge in [-0.2, -0.15) is 8.61 Å². The molecular weight excluding hydrogens is 443 g/mol. The zero-order chi connectivity index (χ0) is 20.7. The maximum absolute atomic E-state index is 13.0. The molecule has 0 aliphatic carbocycles. The maximum Gasteiger partial charge on any atom is 0.243 e. The molecule has 1 aliphatic heterocycles. The van der Waals surface area contributed by atoms with E-state index in [1.54, 1.807) is 13.8 Å². The number of hydrogen-bond acceptors (Lipinski definition) is 4. The first-order valence-electron chi connectivity index (χ1n) is 8.58. The lowest BCUT2D eigenvalue weighted by molar-refractivity contribution is 0.164. The second kappa shape index (κ2) is 7.93. The predicted molar refractivity (Wildman–Crippen MR) is 110 cm³/mol. The summed E-state index contributed by atoms with van der Waals surface area (Å²) >= 11 is 11.7. The molecular formula is C18H20Cl2N2O4S2. The molecule has 152 valence electrons. The van der Waals surface area contributed by atoms with Gasteiger partial charge >= 0.3 is 0 Å². The van der Waals surface area contributed by atoms with Crippen LogP contribution in [0, 0.1) is 0 Å². The van der Waals surface area contributed by atoms with Gasteiger partial charge in [0.25, 0.3) is 0 Å². The first-order chi connectivity index (χ1) is 13.0. The topological polar surface area (TPSA) is 74.8 Å². The Balaban J connectivity index is 1.88. The highest BCUT2D eigenvalue weighted by Crippen LogP contribution is 2.29. The van der Waals surface area contributed by atoms with E-state index in [0.717, 1.165) is 0 Å². The molecule has 0 spiro atoms. The molecule has 0 saturated carbocycles. The molecule has 0 radical (unpaired) electrons. The first-order valence-corrected chi connectivity index (χ1v) is 12.2. The average molecular weight is 463 g/mol. The van der Waals surface area contributed by atoms with E-state index in [0.29, 0.717) is 10.0 Å². The van der Waals surface area contributed by atoms with Gasteiger partial charge in [0.2, 0.25) is 20.0 Å². The van der Waals surface area contributed by atoms with E-state index < -0.39 is 32.1 Å². The summed E-state index contributed by atoms with van der Waals surface area (Å²) in [6.45, 7) is 3.51. The van der Waals surface area contributed by atoms with Gasteiger partial charge in [0.05, 0.1) is 9.79 Å². The van der Waals surface area contributed by atoms with Gasteiger partial charge in [-0.3, -0.25) is 0 Å². The van der Waals surface area contributed by atoms with Crippen molar-refractivity contribution >= 4 is 43.2 Å². The van der Waals surface area contributed by atoms with Gasteiger partial charge in [-0.05, 0) is 62.4 Å². The van der Waals surface area contributed by atoms with Crippen molar-refractivity contribution in [1.29, 1.82) is 0 Å². The molecule has 2 unspecified atom stereocenters. The highest BCUT2D eigenvalue weighted by Gasteiger charge is 2.41. The summed E-state index contributed by atoms with van der Waals surface area (Å²) in [5.74, 6) is 0. The lowest BCUT2D eigenvalue weighted by Gasteiger charge is -2.42. The summed E-state index contributed by atoms with van der Waals surface area (Å²) in [6.07, 6.45) is 0. The van der Waals surface area contributed by atoms with Crippen molar-refractivity contribution in [3.05, 3.63) is 58.6 Å². The van der Waals surface area contributed by atoms with E-state index in [-0.39, 0.29) is 22.9 Å². The van der Waals surface area contributed by atoms with Crippen LogP contribution in [-0.2, 0) is 20.0 Å². The number of sulfonamides is 2. The van der Waals surface area contributed by atoms with Crippen LogP contribution in [0.4, 0.5) is 0 Å².